The molecule has 3 N–H and O–H groups in total. The minimum absolute atomic E-state index is 0.162. The molecular formula is C64H92O4S9Si3. The van der Waals surface area contributed by atoms with E-state index in [1.54, 1.807) is 61.9 Å². The van der Waals surface area contributed by atoms with E-state index in [2.05, 4.69) is 201 Å². The van der Waals surface area contributed by atoms with Gasteiger partial charge in [0.25, 0.3) is 0 Å². The molecule has 4 aliphatic rings. The summed E-state index contributed by atoms with van der Waals surface area (Å²) in [5.41, 5.74) is 18.2. The molecule has 2 fully saturated rings. The summed E-state index contributed by atoms with van der Waals surface area (Å²) in [6.45, 7) is 44.9. The summed E-state index contributed by atoms with van der Waals surface area (Å²) >= 11 is 9.27. The molecule has 16 heteroatoms. The van der Waals surface area contributed by atoms with Crippen LogP contribution in [0.25, 0.3) is 11.1 Å². The Bertz CT molecular complexity index is 3160. The second-order valence-electron chi connectivity index (χ2n) is 25.3. The Morgan fingerprint density at radius 3 is 1.69 bits per heavy atom. The van der Waals surface area contributed by atoms with Crippen LogP contribution < -0.4 is 4.74 Å². The molecule has 0 saturated heterocycles. The van der Waals surface area contributed by atoms with Crippen molar-refractivity contribution < 1.29 is 20.1 Å². The van der Waals surface area contributed by atoms with Gasteiger partial charge in [-0.1, -0.05) is 173 Å². The number of benzene rings is 3. The Morgan fingerprint density at radius 1 is 0.725 bits per heavy atom. The minimum Gasteiger partial charge on any atom is -0.497 e. The fourth-order valence-corrected chi connectivity index (χ4v) is 29.3. The van der Waals surface area contributed by atoms with Gasteiger partial charge in [-0.25, -0.2) is 0 Å². The quantitative estimate of drug-likeness (QED) is 0.119. The van der Waals surface area contributed by atoms with Gasteiger partial charge >= 0.3 is 0 Å². The van der Waals surface area contributed by atoms with Crippen molar-refractivity contribution in [3.8, 4) is 29.1 Å². The minimum atomic E-state index is -1.45. The number of hydrogen-bond acceptors (Lipinski definition) is 6. The molecule has 80 heavy (non-hydrogen) atoms. The van der Waals surface area contributed by atoms with E-state index in [1.165, 1.54) is 67.9 Å². The van der Waals surface area contributed by atoms with Gasteiger partial charge in [0.15, 0.2) is 0 Å². The van der Waals surface area contributed by atoms with Gasteiger partial charge in [0.1, 0.15) is 13.8 Å². The third kappa shape index (κ3) is 23.3. The number of aliphatic hydroxyl groups excluding tert-OH is 3. The van der Waals surface area contributed by atoms with Crippen LogP contribution in [0.1, 0.15) is 120 Å². The smallest absolute Gasteiger partial charge is 0.129 e. The zero-order valence-corrected chi connectivity index (χ0v) is 61.3. The number of ether oxygens (including phenoxy) is 1. The third-order valence-electron chi connectivity index (χ3n) is 14.8. The highest BCUT2D eigenvalue weighted by Crippen LogP contribution is 2.59. The van der Waals surface area contributed by atoms with Crippen LogP contribution >= 0.6 is 0 Å². The highest BCUT2D eigenvalue weighted by Gasteiger charge is 2.50. The maximum absolute atomic E-state index is 10.3. The second-order valence-corrected chi connectivity index (χ2v) is 52.6. The fourth-order valence-electron chi connectivity index (χ4n) is 11.0. The van der Waals surface area contributed by atoms with E-state index < -0.39 is 24.2 Å². The molecule has 3 aromatic carbocycles. The van der Waals surface area contributed by atoms with Gasteiger partial charge in [0.2, 0.25) is 0 Å². The molecule has 0 heterocycles. The van der Waals surface area contributed by atoms with E-state index in [0.717, 1.165) is 61.8 Å². The molecule has 4 aliphatic carbocycles. The molecule has 6 atom stereocenters. The monoisotopic (exact) mass is 1300 g/mol. The average Bonchev–Trinajstić information content (AvgIpc) is 3.97. The summed E-state index contributed by atoms with van der Waals surface area (Å²) in [7, 11) is 8.44. The van der Waals surface area contributed by atoms with Crippen molar-refractivity contribution in [3.05, 3.63) is 146 Å². The number of fused-ring (bicyclic) bond motifs is 2. The maximum Gasteiger partial charge on any atom is 0.129 e. The maximum atomic E-state index is 10.3. The van der Waals surface area contributed by atoms with Crippen LogP contribution in [0.5, 0.6) is 5.75 Å². The van der Waals surface area contributed by atoms with Gasteiger partial charge < -0.3 is 20.1 Å². The van der Waals surface area contributed by atoms with Gasteiger partial charge in [0.05, 0.1) is 41.6 Å². The normalized spacial score (nSPS) is 21.4. The highest BCUT2D eigenvalue weighted by atomic mass is 33.4. The summed E-state index contributed by atoms with van der Waals surface area (Å²) in [6.07, 6.45) is 7.29. The Kier molecular flexibility index (Phi) is 30.1. The number of allylic oxidation sites excluding steroid dienone is 6. The van der Waals surface area contributed by atoms with Crippen molar-refractivity contribution in [2.45, 2.75) is 183 Å². The molecular weight excluding hydrogens is 1210 g/mol. The molecule has 7 rings (SSSR count). The first-order valence-corrected chi connectivity index (χ1v) is 48.7. The van der Waals surface area contributed by atoms with Crippen molar-refractivity contribution in [2.24, 2.45) is 16.7 Å². The summed E-state index contributed by atoms with van der Waals surface area (Å²) in [5.74, 6) is 10.3. The lowest BCUT2D eigenvalue weighted by Crippen LogP contribution is -2.37. The lowest BCUT2D eigenvalue weighted by Gasteiger charge is -2.44. The van der Waals surface area contributed by atoms with E-state index in [0.29, 0.717) is 18.8 Å². The van der Waals surface area contributed by atoms with E-state index >= 15 is 0 Å². The van der Waals surface area contributed by atoms with E-state index in [4.69, 9.17) is 4.74 Å². The first-order chi connectivity index (χ1) is 37.3. The zero-order chi connectivity index (χ0) is 60.2. The molecule has 0 aromatic heterocycles. The Balaban J connectivity index is 0.000000276. The van der Waals surface area contributed by atoms with Crippen molar-refractivity contribution >= 4 is 120 Å². The SMILES string of the molecule is C=C(C)C[C@@H](O)CC#CCC.C=C1C(c2ccc(C)cc2)=C([Si](C)(C)C)C[C@@]2(C)C[C@@H](O)C[C@H]12.CC1=C2C[C@H](O)C[C@]2(C)CC([Si](C)(C)C)=C1c1ccc(C)cc1.COc1ccc(C#C[Si](C)(C)C)cc1.S=S=S=S=S=S=S=S=S. The first-order valence-electron chi connectivity index (χ1n) is 27.6. The predicted octanol–water partition coefficient (Wildman–Crippen LogP) is 15.9. The second kappa shape index (κ2) is 33.5. The summed E-state index contributed by atoms with van der Waals surface area (Å²) in [6, 6.07) is 25.8. The van der Waals surface area contributed by atoms with E-state index in [1.807, 2.05) is 38.1 Å². The van der Waals surface area contributed by atoms with Gasteiger partial charge in [-0.3, -0.25) is 0 Å². The van der Waals surface area contributed by atoms with Crippen LogP contribution in [0.3, 0.4) is 0 Å². The lowest BCUT2D eigenvalue weighted by atomic mass is 9.67. The molecule has 438 valence electrons. The fraction of sp³-hybridized carbons (Fsp3) is 0.500. The average molecular weight is 1300 g/mol. The van der Waals surface area contributed by atoms with Crippen LogP contribution in [0, 0.1) is 53.9 Å². The van der Waals surface area contributed by atoms with Gasteiger partial charge in [-0.2, -0.15) is 0 Å². The largest absolute Gasteiger partial charge is 0.497 e. The Morgan fingerprint density at radius 2 is 1.23 bits per heavy atom. The van der Waals surface area contributed by atoms with E-state index in [9.17, 15) is 15.3 Å². The van der Waals surface area contributed by atoms with Crippen molar-refractivity contribution in [1.82, 2.24) is 0 Å². The zero-order valence-electron chi connectivity index (χ0n) is 50.9. The van der Waals surface area contributed by atoms with Crippen LogP contribution in [-0.2, 0) is 84.5 Å². The summed E-state index contributed by atoms with van der Waals surface area (Å²) < 4.78 is 5.08. The van der Waals surface area contributed by atoms with Crippen LogP contribution in [0.2, 0.25) is 58.9 Å². The molecule has 0 bridgehead atoms. The summed E-state index contributed by atoms with van der Waals surface area (Å²) in [5, 5.41) is 33.2. The van der Waals surface area contributed by atoms with Crippen molar-refractivity contribution in [2.75, 3.05) is 7.11 Å². The molecule has 0 aliphatic heterocycles. The van der Waals surface area contributed by atoms with Crippen molar-refractivity contribution in [3.63, 3.8) is 0 Å². The molecule has 2 saturated carbocycles. The van der Waals surface area contributed by atoms with Gasteiger partial charge in [-0.05, 0) is 147 Å². The van der Waals surface area contributed by atoms with Crippen LogP contribution in [0.15, 0.2) is 119 Å². The number of hydrogen-bond donors (Lipinski definition) is 3. The topological polar surface area (TPSA) is 69.9 Å². The number of aryl methyl sites for hydroxylation is 2. The Hall–Kier alpha value is -2.21. The predicted molar refractivity (Wildman–Crippen MR) is 382 cm³/mol. The lowest BCUT2D eigenvalue weighted by molar-refractivity contribution is 0.163. The highest BCUT2D eigenvalue weighted by molar-refractivity contribution is 8.72. The number of aliphatic hydroxyl groups is 3. The molecule has 0 radical (unpaired) electrons. The van der Waals surface area contributed by atoms with Gasteiger partial charge in [-0.15, -0.1) is 24.0 Å². The van der Waals surface area contributed by atoms with E-state index in [-0.39, 0.29) is 29.1 Å². The number of methoxy groups -OCH3 is 1. The molecule has 0 unspecified atom stereocenters. The summed E-state index contributed by atoms with van der Waals surface area (Å²) in [4.78, 5) is 0. The standard InChI is InChI=1S/2C21H30OSi.C12H16OSi.C10H16O.S9/c2*1-14-7-9-16(10-8-14)20-15(2)18-11-17(22)12-21(18,3)13-19(20)23(4,5)6;1-13-12-7-5-11(6-8-12)9-10-14(2,3)4;1-4-5-6-7-10(11)8-9(2)3;1-3-5-7-9-8-6-4-2/h7-10,17,22H,11-13H2,1-6H3;7-10,17-18,22H,2,11-13H2,1,3-6H3;5-8H,1-4H3;10-11H,2,4,7-8H2,1,3H3;/t17-,21+;17-,18+,21+;;10-;/m00.0./s1. The van der Waals surface area contributed by atoms with Crippen LogP contribution in [0.4, 0.5) is 0 Å². The Labute approximate surface area is 517 Å². The first kappa shape index (κ1) is 72.1. The van der Waals surface area contributed by atoms with Gasteiger partial charge in [0, 0.05) is 103 Å². The molecule has 0 spiro atoms. The van der Waals surface area contributed by atoms with Crippen molar-refractivity contribution in [1.29, 1.82) is 0 Å². The molecule has 3 aromatic rings. The molecule has 0 amide bonds. The molecule has 4 nitrogen and oxygen atoms in total. The third-order valence-corrected chi connectivity index (χ3v) is 33.5. The number of rotatable bonds is 8. The van der Waals surface area contributed by atoms with Crippen LogP contribution in [-0.4, -0.2) is 65.0 Å².